The van der Waals surface area contributed by atoms with E-state index in [9.17, 15) is 15.0 Å². The number of amides is 1. The number of hydrogen-bond acceptors (Lipinski definition) is 3. The molecule has 4 heteroatoms. The smallest absolute Gasteiger partial charge is 0.220 e. The molecule has 0 saturated heterocycles. The van der Waals surface area contributed by atoms with Crippen LogP contribution in [0.25, 0.3) is 0 Å². The molecule has 0 aromatic carbocycles. The van der Waals surface area contributed by atoms with E-state index in [0.717, 1.165) is 38.5 Å². The summed E-state index contributed by atoms with van der Waals surface area (Å²) in [6.45, 7) is 4.35. The number of aliphatic hydroxyl groups excluding tert-OH is 2. The first kappa shape index (κ1) is 53.6. The summed E-state index contributed by atoms with van der Waals surface area (Å²) in [5.74, 6) is -0.0304. The Balaban J connectivity index is 3.44. The lowest BCUT2D eigenvalue weighted by molar-refractivity contribution is -0.123. The van der Waals surface area contributed by atoms with Crippen LogP contribution in [-0.2, 0) is 4.79 Å². The highest BCUT2D eigenvalue weighted by Gasteiger charge is 2.20. The largest absolute Gasteiger partial charge is 0.394 e. The Morgan fingerprint density at radius 3 is 1.11 bits per heavy atom. The first-order valence-electron chi connectivity index (χ1n) is 24.7. The average molecular weight is 772 g/mol. The van der Waals surface area contributed by atoms with E-state index in [4.69, 9.17) is 0 Å². The van der Waals surface area contributed by atoms with E-state index in [0.29, 0.717) is 12.8 Å². The second-order valence-electron chi connectivity index (χ2n) is 16.9. The van der Waals surface area contributed by atoms with E-state index in [1.807, 2.05) is 0 Å². The van der Waals surface area contributed by atoms with Gasteiger partial charge in [-0.15, -0.1) is 0 Å². The van der Waals surface area contributed by atoms with Crippen molar-refractivity contribution in [3.05, 3.63) is 36.5 Å². The molecular formula is C51H97NO3. The van der Waals surface area contributed by atoms with Gasteiger partial charge in [-0.25, -0.2) is 0 Å². The minimum absolute atomic E-state index is 0.0304. The quantitative estimate of drug-likeness (QED) is 0.0426. The van der Waals surface area contributed by atoms with Gasteiger partial charge in [-0.1, -0.05) is 243 Å². The summed E-state index contributed by atoms with van der Waals surface area (Å²) in [6.07, 6.45) is 62.5. The predicted octanol–water partition coefficient (Wildman–Crippen LogP) is 15.7. The summed E-state index contributed by atoms with van der Waals surface area (Å²) >= 11 is 0. The fourth-order valence-corrected chi connectivity index (χ4v) is 7.60. The molecule has 2 unspecified atom stereocenters. The van der Waals surface area contributed by atoms with E-state index in [1.54, 1.807) is 0 Å². The van der Waals surface area contributed by atoms with Crippen LogP contribution in [0.15, 0.2) is 36.5 Å². The van der Waals surface area contributed by atoms with Gasteiger partial charge in [0.05, 0.1) is 18.8 Å². The highest BCUT2D eigenvalue weighted by molar-refractivity contribution is 5.76. The minimum Gasteiger partial charge on any atom is -0.394 e. The summed E-state index contributed by atoms with van der Waals surface area (Å²) in [5, 5.41) is 23.2. The monoisotopic (exact) mass is 772 g/mol. The number of aliphatic hydroxyl groups is 2. The molecule has 0 aromatic rings. The zero-order chi connectivity index (χ0) is 40.0. The number of nitrogens with one attached hydrogen (secondary N) is 1. The molecule has 0 aromatic heterocycles. The van der Waals surface area contributed by atoms with E-state index in [1.165, 1.54) is 199 Å². The van der Waals surface area contributed by atoms with Crippen molar-refractivity contribution in [2.75, 3.05) is 6.61 Å². The topological polar surface area (TPSA) is 69.6 Å². The van der Waals surface area contributed by atoms with Gasteiger partial charge in [0.2, 0.25) is 5.91 Å². The van der Waals surface area contributed by atoms with Crippen LogP contribution in [0.3, 0.4) is 0 Å². The molecule has 0 saturated carbocycles. The zero-order valence-corrected chi connectivity index (χ0v) is 37.2. The second-order valence-corrected chi connectivity index (χ2v) is 16.9. The molecule has 55 heavy (non-hydrogen) atoms. The summed E-state index contributed by atoms with van der Waals surface area (Å²) in [4.78, 5) is 12.4. The fraction of sp³-hybridized carbons (Fsp3) is 0.863. The third-order valence-corrected chi connectivity index (χ3v) is 11.4. The normalized spacial score (nSPS) is 13.2. The molecule has 0 aliphatic heterocycles. The number of hydrogen-bond donors (Lipinski definition) is 3. The SMILES string of the molecule is CCCCCCC/C=C\C/C=C\C/C=C\CCCCCCCCCCCCCCCCCCC(=O)NC(CO)C(O)CCCCCCCCCCCCCC. The van der Waals surface area contributed by atoms with Crippen LogP contribution in [-0.4, -0.2) is 34.9 Å². The zero-order valence-electron chi connectivity index (χ0n) is 37.2. The average Bonchev–Trinajstić information content (AvgIpc) is 3.19. The van der Waals surface area contributed by atoms with Crippen LogP contribution in [0, 0.1) is 0 Å². The molecule has 0 bridgehead atoms. The van der Waals surface area contributed by atoms with Gasteiger partial charge in [0.1, 0.15) is 0 Å². The maximum absolute atomic E-state index is 12.4. The van der Waals surface area contributed by atoms with Crippen molar-refractivity contribution in [1.29, 1.82) is 0 Å². The number of unbranched alkanes of at least 4 members (excludes halogenated alkanes) is 32. The van der Waals surface area contributed by atoms with E-state index >= 15 is 0 Å². The third-order valence-electron chi connectivity index (χ3n) is 11.4. The Hall–Kier alpha value is -1.39. The highest BCUT2D eigenvalue weighted by atomic mass is 16.3. The molecule has 0 aliphatic carbocycles. The van der Waals surface area contributed by atoms with E-state index < -0.39 is 12.1 Å². The maximum atomic E-state index is 12.4. The predicted molar refractivity (Wildman–Crippen MR) is 244 cm³/mol. The molecule has 0 fully saturated rings. The lowest BCUT2D eigenvalue weighted by Crippen LogP contribution is -2.45. The highest BCUT2D eigenvalue weighted by Crippen LogP contribution is 2.16. The number of carbonyl (C=O) groups is 1. The molecule has 4 nitrogen and oxygen atoms in total. The summed E-state index contributed by atoms with van der Waals surface area (Å²) in [5.41, 5.74) is 0. The van der Waals surface area contributed by atoms with Crippen molar-refractivity contribution in [3.63, 3.8) is 0 Å². The first-order chi connectivity index (χ1) is 27.2. The molecular weight excluding hydrogens is 675 g/mol. The van der Waals surface area contributed by atoms with Crippen molar-refractivity contribution in [3.8, 4) is 0 Å². The number of rotatable bonds is 45. The fourth-order valence-electron chi connectivity index (χ4n) is 7.60. The van der Waals surface area contributed by atoms with Gasteiger partial charge in [-0.05, 0) is 51.4 Å². The van der Waals surface area contributed by atoms with Crippen molar-refractivity contribution in [1.82, 2.24) is 5.32 Å². The van der Waals surface area contributed by atoms with E-state index in [-0.39, 0.29) is 12.5 Å². The van der Waals surface area contributed by atoms with Gasteiger partial charge < -0.3 is 15.5 Å². The lowest BCUT2D eigenvalue weighted by atomic mass is 10.0. The number of carbonyl (C=O) groups excluding carboxylic acids is 1. The molecule has 0 heterocycles. The second kappa shape index (κ2) is 47.0. The Morgan fingerprint density at radius 2 is 0.745 bits per heavy atom. The van der Waals surface area contributed by atoms with Crippen molar-refractivity contribution in [2.45, 2.75) is 276 Å². The summed E-state index contributed by atoms with van der Waals surface area (Å²) in [6, 6.07) is -0.534. The van der Waals surface area contributed by atoms with Crippen LogP contribution in [0.1, 0.15) is 264 Å². The Bertz CT molecular complexity index is 836. The van der Waals surface area contributed by atoms with Crippen molar-refractivity contribution < 1.29 is 15.0 Å². The molecule has 0 aliphatic rings. The molecule has 3 N–H and O–H groups in total. The van der Waals surface area contributed by atoms with Crippen LogP contribution in [0.4, 0.5) is 0 Å². The molecule has 0 radical (unpaired) electrons. The van der Waals surface area contributed by atoms with Gasteiger partial charge in [-0.3, -0.25) is 4.79 Å². The standard InChI is InChI=1S/C51H97NO3/c1-3-5-7-9-11-13-15-17-18-19-20-21-22-23-24-25-26-27-28-29-30-31-32-33-34-35-37-39-41-43-45-47-51(55)52-49(48-53)50(54)46-44-42-40-38-36-16-14-12-10-8-6-4-2/h15,17,19-20,22-23,49-50,53-54H,3-14,16,18,21,24-48H2,1-2H3,(H,52,55)/b17-15-,20-19-,23-22-. The molecule has 1 amide bonds. The molecule has 324 valence electrons. The van der Waals surface area contributed by atoms with Gasteiger partial charge >= 0.3 is 0 Å². The lowest BCUT2D eigenvalue weighted by Gasteiger charge is -2.22. The third kappa shape index (κ3) is 43.6. The van der Waals surface area contributed by atoms with Crippen LogP contribution in [0.2, 0.25) is 0 Å². The Morgan fingerprint density at radius 1 is 0.436 bits per heavy atom. The van der Waals surface area contributed by atoms with Crippen LogP contribution < -0.4 is 5.32 Å². The Kier molecular flexibility index (Phi) is 45.8. The van der Waals surface area contributed by atoms with Crippen LogP contribution in [0.5, 0.6) is 0 Å². The van der Waals surface area contributed by atoms with Crippen LogP contribution >= 0.6 is 0 Å². The van der Waals surface area contributed by atoms with Crippen molar-refractivity contribution >= 4 is 5.91 Å². The van der Waals surface area contributed by atoms with E-state index in [2.05, 4.69) is 55.6 Å². The summed E-state index contributed by atoms with van der Waals surface area (Å²) in [7, 11) is 0. The minimum atomic E-state index is -0.657. The molecule has 0 rings (SSSR count). The number of allylic oxidation sites excluding steroid dienone is 6. The Labute approximate surface area is 344 Å². The van der Waals surface area contributed by atoms with Gasteiger partial charge in [0.25, 0.3) is 0 Å². The molecule has 2 atom stereocenters. The summed E-state index contributed by atoms with van der Waals surface area (Å²) < 4.78 is 0. The van der Waals surface area contributed by atoms with Gasteiger partial charge in [0.15, 0.2) is 0 Å². The maximum Gasteiger partial charge on any atom is 0.220 e. The molecule has 0 spiro atoms. The van der Waals surface area contributed by atoms with Gasteiger partial charge in [0, 0.05) is 6.42 Å². The first-order valence-corrected chi connectivity index (χ1v) is 24.7. The van der Waals surface area contributed by atoms with Gasteiger partial charge in [-0.2, -0.15) is 0 Å². The van der Waals surface area contributed by atoms with Crippen molar-refractivity contribution in [2.24, 2.45) is 0 Å².